The Morgan fingerprint density at radius 3 is 2.50 bits per heavy atom. The van der Waals surface area contributed by atoms with E-state index < -0.39 is 0 Å². The zero-order chi connectivity index (χ0) is 26.8. The molecule has 2 aliphatic heterocycles. The third kappa shape index (κ3) is 5.02. The van der Waals surface area contributed by atoms with Gasteiger partial charge in [0.2, 0.25) is 0 Å². The molecule has 1 saturated heterocycles. The Kier molecular flexibility index (Phi) is 7.20. The lowest BCUT2D eigenvalue weighted by Crippen LogP contribution is -2.49. The van der Waals surface area contributed by atoms with Gasteiger partial charge in [-0.3, -0.25) is 23.6 Å². The van der Waals surface area contributed by atoms with Crippen LogP contribution in [-0.4, -0.2) is 59.8 Å². The van der Waals surface area contributed by atoms with Crippen LogP contribution in [0.5, 0.6) is 5.75 Å². The number of piperazine rings is 1. The lowest BCUT2D eigenvalue weighted by Gasteiger charge is -2.36. The number of nitrogens with zero attached hydrogens (tertiary/aromatic N) is 4. The molecule has 9 heteroatoms. The van der Waals surface area contributed by atoms with Crippen LogP contribution in [0.1, 0.15) is 22.3 Å². The summed E-state index contributed by atoms with van der Waals surface area (Å²) in [7, 11) is 4.59. The van der Waals surface area contributed by atoms with Crippen LogP contribution < -0.4 is 20.9 Å². The standard InChI is InChI=1S/C29H32N4O5/c1-30-26(18-27(34)31(2)29(30)36)33-14-12-32(13-15-33)11-10-23-22-7-5-4-6-21(22)19-38-25-9-8-20(16-24(23)25)17-28(35)37-3/h4-10,16,18H,11-15,17,19H2,1-3H3. The van der Waals surface area contributed by atoms with Crippen molar-refractivity contribution in [1.29, 1.82) is 0 Å². The number of carbonyl (C=O) groups is 1. The molecule has 198 valence electrons. The van der Waals surface area contributed by atoms with E-state index in [0.717, 1.165) is 57.8 Å². The molecular weight excluding hydrogens is 484 g/mol. The molecule has 0 aliphatic carbocycles. The van der Waals surface area contributed by atoms with Crippen LogP contribution in [0.25, 0.3) is 5.57 Å². The summed E-state index contributed by atoms with van der Waals surface area (Å²) in [5.74, 6) is 1.16. The zero-order valence-corrected chi connectivity index (χ0v) is 22.0. The predicted octanol–water partition coefficient (Wildman–Crippen LogP) is 1.95. The number of anilines is 1. The molecule has 0 bridgehead atoms. The Hall–Kier alpha value is -4.11. The minimum absolute atomic E-state index is 0.200. The quantitative estimate of drug-likeness (QED) is 0.479. The van der Waals surface area contributed by atoms with E-state index in [1.807, 2.05) is 30.3 Å². The smallest absolute Gasteiger partial charge is 0.332 e. The number of rotatable bonds is 5. The first kappa shape index (κ1) is 25.5. The number of fused-ring (bicyclic) bond motifs is 2. The molecule has 3 heterocycles. The summed E-state index contributed by atoms with van der Waals surface area (Å²) in [5, 5.41) is 0. The molecule has 38 heavy (non-hydrogen) atoms. The van der Waals surface area contributed by atoms with Crippen molar-refractivity contribution in [2.45, 2.75) is 13.0 Å². The van der Waals surface area contributed by atoms with Crippen LogP contribution in [0.2, 0.25) is 0 Å². The lowest BCUT2D eigenvalue weighted by molar-refractivity contribution is -0.139. The molecule has 0 N–H and O–H groups in total. The first-order valence-corrected chi connectivity index (χ1v) is 12.7. The number of aromatic nitrogens is 2. The van der Waals surface area contributed by atoms with Crippen LogP contribution >= 0.6 is 0 Å². The van der Waals surface area contributed by atoms with E-state index in [-0.39, 0.29) is 23.6 Å². The minimum atomic E-state index is -0.320. The maximum Gasteiger partial charge on any atom is 0.332 e. The fourth-order valence-corrected chi connectivity index (χ4v) is 5.10. The van der Waals surface area contributed by atoms with Gasteiger partial charge in [-0.2, -0.15) is 0 Å². The van der Waals surface area contributed by atoms with E-state index in [2.05, 4.69) is 28.0 Å². The van der Waals surface area contributed by atoms with Crippen LogP contribution in [0, 0.1) is 0 Å². The van der Waals surface area contributed by atoms with E-state index in [9.17, 15) is 14.4 Å². The topological polar surface area (TPSA) is 86.0 Å². The van der Waals surface area contributed by atoms with Gasteiger partial charge < -0.3 is 14.4 Å². The Labute approximate surface area is 221 Å². The van der Waals surface area contributed by atoms with Crippen molar-refractivity contribution in [3.63, 3.8) is 0 Å². The highest BCUT2D eigenvalue weighted by Crippen LogP contribution is 2.37. The number of benzene rings is 2. The van der Waals surface area contributed by atoms with Crippen molar-refractivity contribution in [2.75, 3.05) is 44.7 Å². The van der Waals surface area contributed by atoms with Gasteiger partial charge in [0.05, 0.1) is 13.5 Å². The second kappa shape index (κ2) is 10.7. The van der Waals surface area contributed by atoms with Crippen LogP contribution in [0.15, 0.2) is 64.2 Å². The van der Waals surface area contributed by atoms with Crippen molar-refractivity contribution in [1.82, 2.24) is 14.0 Å². The van der Waals surface area contributed by atoms with E-state index in [1.165, 1.54) is 24.8 Å². The summed E-state index contributed by atoms with van der Waals surface area (Å²) in [4.78, 5) is 40.9. The van der Waals surface area contributed by atoms with E-state index in [0.29, 0.717) is 25.5 Å². The van der Waals surface area contributed by atoms with Gasteiger partial charge in [0.15, 0.2) is 0 Å². The van der Waals surface area contributed by atoms with Crippen LogP contribution in [0.4, 0.5) is 5.82 Å². The Morgan fingerprint density at radius 2 is 1.74 bits per heavy atom. The SMILES string of the molecule is COC(=O)Cc1ccc2c(c1)C(=CCN1CCN(c3cc(=O)n(C)c(=O)n3C)CC1)c1ccccc1CO2. The number of methoxy groups -OCH3 is 1. The van der Waals surface area contributed by atoms with Crippen molar-refractivity contribution < 1.29 is 14.3 Å². The van der Waals surface area contributed by atoms with E-state index in [1.54, 1.807) is 7.05 Å². The molecular formula is C29H32N4O5. The second-order valence-corrected chi connectivity index (χ2v) is 9.68. The molecule has 3 aromatic rings. The zero-order valence-electron chi connectivity index (χ0n) is 22.0. The number of esters is 1. The number of hydrogen-bond donors (Lipinski definition) is 0. The first-order valence-electron chi connectivity index (χ1n) is 12.7. The maximum atomic E-state index is 12.4. The molecule has 2 aromatic carbocycles. The van der Waals surface area contributed by atoms with Gasteiger partial charge in [0, 0.05) is 58.4 Å². The molecule has 2 aliphatic rings. The highest BCUT2D eigenvalue weighted by molar-refractivity contribution is 5.86. The fraction of sp³-hybridized carbons (Fsp3) is 0.345. The minimum Gasteiger partial charge on any atom is -0.488 e. The summed E-state index contributed by atoms with van der Waals surface area (Å²) in [6, 6.07) is 15.6. The van der Waals surface area contributed by atoms with E-state index >= 15 is 0 Å². The molecule has 0 unspecified atom stereocenters. The van der Waals surface area contributed by atoms with Gasteiger partial charge in [0.25, 0.3) is 5.56 Å². The Balaban J connectivity index is 1.39. The molecule has 0 amide bonds. The van der Waals surface area contributed by atoms with Crippen LogP contribution in [0.3, 0.4) is 0 Å². The maximum absolute atomic E-state index is 12.4. The molecule has 0 spiro atoms. The highest BCUT2D eigenvalue weighted by Gasteiger charge is 2.23. The van der Waals surface area contributed by atoms with Gasteiger partial charge in [-0.05, 0) is 34.4 Å². The predicted molar refractivity (Wildman–Crippen MR) is 146 cm³/mol. The van der Waals surface area contributed by atoms with Crippen molar-refractivity contribution >= 4 is 17.4 Å². The summed E-state index contributed by atoms with van der Waals surface area (Å²) in [5.41, 5.74) is 4.53. The largest absolute Gasteiger partial charge is 0.488 e. The normalized spacial score (nSPS) is 16.4. The summed E-state index contributed by atoms with van der Waals surface area (Å²) in [6.07, 6.45) is 2.43. The molecule has 0 saturated carbocycles. The first-order chi connectivity index (χ1) is 18.4. The van der Waals surface area contributed by atoms with Crippen molar-refractivity contribution in [3.8, 4) is 5.75 Å². The molecule has 1 fully saturated rings. The third-order valence-corrected chi connectivity index (χ3v) is 7.35. The fourth-order valence-electron chi connectivity index (χ4n) is 5.10. The Bertz CT molecular complexity index is 1510. The van der Waals surface area contributed by atoms with Crippen LogP contribution in [-0.2, 0) is 36.7 Å². The monoisotopic (exact) mass is 516 g/mol. The van der Waals surface area contributed by atoms with Gasteiger partial charge in [-0.25, -0.2) is 4.79 Å². The molecule has 5 rings (SSSR count). The van der Waals surface area contributed by atoms with Gasteiger partial charge >= 0.3 is 11.7 Å². The summed E-state index contributed by atoms with van der Waals surface area (Å²) < 4.78 is 13.7. The number of ether oxygens (including phenoxy) is 2. The van der Waals surface area contributed by atoms with Gasteiger partial charge in [-0.15, -0.1) is 0 Å². The molecule has 1 aromatic heterocycles. The molecule has 0 atom stereocenters. The number of carbonyl (C=O) groups excluding carboxylic acids is 1. The second-order valence-electron chi connectivity index (χ2n) is 9.68. The molecule has 0 radical (unpaired) electrons. The average Bonchev–Trinajstić information content (AvgIpc) is 3.09. The Morgan fingerprint density at radius 1 is 0.974 bits per heavy atom. The van der Waals surface area contributed by atoms with E-state index in [4.69, 9.17) is 9.47 Å². The summed E-state index contributed by atoms with van der Waals surface area (Å²) in [6.45, 7) is 4.21. The number of hydrogen-bond acceptors (Lipinski definition) is 7. The van der Waals surface area contributed by atoms with Crippen molar-refractivity contribution in [3.05, 3.63) is 97.7 Å². The highest BCUT2D eigenvalue weighted by atomic mass is 16.5. The van der Waals surface area contributed by atoms with Gasteiger partial charge in [0.1, 0.15) is 18.2 Å². The average molecular weight is 517 g/mol. The lowest BCUT2D eigenvalue weighted by atomic mass is 9.92. The third-order valence-electron chi connectivity index (χ3n) is 7.35. The van der Waals surface area contributed by atoms with Crippen molar-refractivity contribution in [2.24, 2.45) is 14.1 Å². The molecule has 9 nitrogen and oxygen atoms in total. The summed E-state index contributed by atoms with van der Waals surface area (Å²) >= 11 is 0. The van der Waals surface area contributed by atoms with Gasteiger partial charge in [-0.1, -0.05) is 36.4 Å².